The van der Waals surface area contributed by atoms with Crippen LogP contribution < -0.4 is 15.1 Å². The minimum atomic E-state index is -0.198. The third-order valence-corrected chi connectivity index (χ3v) is 5.55. The Labute approximate surface area is 166 Å². The SMILES string of the molecule is O=C(NCc1cccnc1)c1csc(N2CCN(c3ccccc3F)CC2)n1. The molecular weight excluding hydrogens is 377 g/mol. The number of carbonyl (C=O) groups is 1. The van der Waals surface area contributed by atoms with E-state index in [1.165, 1.54) is 17.4 Å². The molecule has 1 aliphatic rings. The molecule has 1 aliphatic heterocycles. The first-order valence-electron chi connectivity index (χ1n) is 9.08. The molecule has 8 heteroatoms. The van der Waals surface area contributed by atoms with Crippen LogP contribution >= 0.6 is 11.3 Å². The standard InChI is InChI=1S/C20H20FN5OS/c21-16-5-1-2-6-18(16)25-8-10-26(11-9-25)20-24-17(14-28-20)19(27)23-13-15-4-3-7-22-12-15/h1-7,12,14H,8-11,13H2,(H,23,27). The van der Waals surface area contributed by atoms with Crippen LogP contribution in [-0.4, -0.2) is 42.1 Å². The summed E-state index contributed by atoms with van der Waals surface area (Å²) in [6.45, 7) is 3.31. The van der Waals surface area contributed by atoms with Crippen molar-refractivity contribution in [1.29, 1.82) is 0 Å². The summed E-state index contributed by atoms with van der Waals surface area (Å²) >= 11 is 1.46. The van der Waals surface area contributed by atoms with Gasteiger partial charge in [-0.1, -0.05) is 18.2 Å². The van der Waals surface area contributed by atoms with Gasteiger partial charge in [0.05, 0.1) is 5.69 Å². The molecule has 0 saturated carbocycles. The number of pyridine rings is 1. The molecule has 6 nitrogen and oxygen atoms in total. The summed E-state index contributed by atoms with van der Waals surface area (Å²) in [6, 6.07) is 10.6. The third kappa shape index (κ3) is 4.12. The monoisotopic (exact) mass is 397 g/mol. The number of aromatic nitrogens is 2. The normalized spacial score (nSPS) is 14.2. The molecule has 4 rings (SSSR count). The molecule has 1 N–H and O–H groups in total. The number of piperazine rings is 1. The Morgan fingerprint density at radius 3 is 2.64 bits per heavy atom. The van der Waals surface area contributed by atoms with E-state index in [2.05, 4.69) is 20.2 Å². The molecule has 0 unspecified atom stereocenters. The smallest absolute Gasteiger partial charge is 0.271 e. The number of amides is 1. The predicted octanol–water partition coefficient (Wildman–Crippen LogP) is 2.93. The molecule has 2 aromatic heterocycles. The number of nitrogens with one attached hydrogen (secondary N) is 1. The lowest BCUT2D eigenvalue weighted by molar-refractivity contribution is 0.0946. The van der Waals surface area contributed by atoms with Crippen molar-refractivity contribution in [1.82, 2.24) is 15.3 Å². The molecule has 144 valence electrons. The van der Waals surface area contributed by atoms with Crippen molar-refractivity contribution in [3.63, 3.8) is 0 Å². The number of benzene rings is 1. The number of halogens is 1. The number of hydrogen-bond donors (Lipinski definition) is 1. The number of para-hydroxylation sites is 1. The predicted molar refractivity (Wildman–Crippen MR) is 108 cm³/mol. The Morgan fingerprint density at radius 1 is 1.11 bits per heavy atom. The van der Waals surface area contributed by atoms with Crippen molar-refractivity contribution >= 4 is 28.1 Å². The molecule has 1 amide bonds. The van der Waals surface area contributed by atoms with Gasteiger partial charge < -0.3 is 15.1 Å². The van der Waals surface area contributed by atoms with E-state index in [0.717, 1.165) is 23.8 Å². The van der Waals surface area contributed by atoms with Crippen LogP contribution in [0.2, 0.25) is 0 Å². The summed E-state index contributed by atoms with van der Waals surface area (Å²) in [4.78, 5) is 25.0. The average Bonchev–Trinajstić information content (AvgIpc) is 3.24. The minimum Gasteiger partial charge on any atom is -0.366 e. The summed E-state index contributed by atoms with van der Waals surface area (Å²) in [7, 11) is 0. The number of anilines is 2. The topological polar surface area (TPSA) is 61.4 Å². The van der Waals surface area contributed by atoms with Gasteiger partial charge in [0.1, 0.15) is 11.5 Å². The van der Waals surface area contributed by atoms with Crippen LogP contribution in [0.15, 0.2) is 54.2 Å². The maximum atomic E-state index is 14.0. The Balaban J connectivity index is 1.33. The summed E-state index contributed by atoms with van der Waals surface area (Å²) in [5.74, 6) is -0.394. The van der Waals surface area contributed by atoms with E-state index < -0.39 is 0 Å². The second-order valence-corrected chi connectivity index (χ2v) is 7.32. The lowest BCUT2D eigenvalue weighted by Gasteiger charge is -2.36. The van der Waals surface area contributed by atoms with E-state index >= 15 is 0 Å². The molecule has 1 saturated heterocycles. The number of hydrogen-bond acceptors (Lipinski definition) is 6. The van der Waals surface area contributed by atoms with Crippen LogP contribution in [0.3, 0.4) is 0 Å². The van der Waals surface area contributed by atoms with Gasteiger partial charge in [0.15, 0.2) is 5.13 Å². The molecule has 0 bridgehead atoms. The van der Waals surface area contributed by atoms with E-state index in [-0.39, 0.29) is 11.7 Å². The summed E-state index contributed by atoms with van der Waals surface area (Å²) < 4.78 is 14.0. The fraction of sp³-hybridized carbons (Fsp3) is 0.250. The minimum absolute atomic E-state index is 0.197. The first kappa shape index (κ1) is 18.4. The highest BCUT2D eigenvalue weighted by atomic mass is 32.1. The van der Waals surface area contributed by atoms with Crippen molar-refractivity contribution in [3.8, 4) is 0 Å². The zero-order valence-electron chi connectivity index (χ0n) is 15.2. The van der Waals surface area contributed by atoms with Crippen LogP contribution in [0.1, 0.15) is 16.1 Å². The van der Waals surface area contributed by atoms with Crippen molar-refractivity contribution in [3.05, 3.63) is 71.2 Å². The first-order chi connectivity index (χ1) is 13.7. The number of carbonyl (C=O) groups excluding carboxylic acids is 1. The molecule has 0 spiro atoms. The Hall–Kier alpha value is -3.00. The van der Waals surface area contributed by atoms with E-state index in [0.29, 0.717) is 31.0 Å². The second-order valence-electron chi connectivity index (χ2n) is 6.48. The van der Waals surface area contributed by atoms with Gasteiger partial charge in [-0.05, 0) is 23.8 Å². The van der Waals surface area contributed by atoms with Gasteiger partial charge in [-0.2, -0.15) is 0 Å². The second kappa shape index (κ2) is 8.35. The fourth-order valence-electron chi connectivity index (χ4n) is 3.14. The van der Waals surface area contributed by atoms with Gasteiger partial charge in [-0.15, -0.1) is 11.3 Å². The van der Waals surface area contributed by atoms with Gasteiger partial charge in [0.25, 0.3) is 5.91 Å². The van der Waals surface area contributed by atoms with E-state index in [4.69, 9.17) is 0 Å². The molecule has 3 heterocycles. The maximum absolute atomic E-state index is 14.0. The Bertz CT molecular complexity index is 941. The molecule has 0 atom stereocenters. The summed E-state index contributed by atoms with van der Waals surface area (Å²) in [6.07, 6.45) is 3.42. The quantitative estimate of drug-likeness (QED) is 0.717. The van der Waals surface area contributed by atoms with Crippen LogP contribution in [0.25, 0.3) is 0 Å². The molecule has 1 aromatic carbocycles. The largest absolute Gasteiger partial charge is 0.366 e. The molecule has 0 radical (unpaired) electrons. The highest BCUT2D eigenvalue weighted by Crippen LogP contribution is 2.25. The zero-order valence-corrected chi connectivity index (χ0v) is 16.0. The van der Waals surface area contributed by atoms with Crippen molar-refractivity contribution < 1.29 is 9.18 Å². The fourth-order valence-corrected chi connectivity index (χ4v) is 4.00. The molecule has 3 aromatic rings. The van der Waals surface area contributed by atoms with Crippen molar-refractivity contribution in [2.24, 2.45) is 0 Å². The Kier molecular flexibility index (Phi) is 5.48. The van der Waals surface area contributed by atoms with Crippen LogP contribution in [0.4, 0.5) is 15.2 Å². The summed E-state index contributed by atoms with van der Waals surface area (Å²) in [5.41, 5.74) is 1.99. The number of nitrogens with zero attached hydrogens (tertiary/aromatic N) is 4. The summed E-state index contributed by atoms with van der Waals surface area (Å²) in [5, 5.41) is 5.46. The van der Waals surface area contributed by atoms with Gasteiger partial charge >= 0.3 is 0 Å². The first-order valence-corrected chi connectivity index (χ1v) is 9.96. The van der Waals surface area contributed by atoms with Crippen LogP contribution in [-0.2, 0) is 6.54 Å². The lowest BCUT2D eigenvalue weighted by atomic mass is 10.2. The van der Waals surface area contributed by atoms with Crippen molar-refractivity contribution in [2.75, 3.05) is 36.0 Å². The molecular formula is C20H20FN5OS. The Morgan fingerprint density at radius 2 is 1.89 bits per heavy atom. The highest BCUT2D eigenvalue weighted by molar-refractivity contribution is 7.13. The maximum Gasteiger partial charge on any atom is 0.271 e. The van der Waals surface area contributed by atoms with E-state index in [9.17, 15) is 9.18 Å². The molecule has 1 fully saturated rings. The van der Waals surface area contributed by atoms with Crippen LogP contribution in [0, 0.1) is 5.82 Å². The lowest BCUT2D eigenvalue weighted by Crippen LogP contribution is -2.46. The zero-order chi connectivity index (χ0) is 19.3. The van der Waals surface area contributed by atoms with E-state index in [1.807, 2.05) is 23.1 Å². The number of rotatable bonds is 5. The van der Waals surface area contributed by atoms with Crippen LogP contribution in [0.5, 0.6) is 0 Å². The van der Waals surface area contributed by atoms with Gasteiger partial charge in [-0.25, -0.2) is 9.37 Å². The highest BCUT2D eigenvalue weighted by Gasteiger charge is 2.22. The molecule has 28 heavy (non-hydrogen) atoms. The number of thiazole rings is 1. The van der Waals surface area contributed by atoms with Crippen molar-refractivity contribution in [2.45, 2.75) is 6.54 Å². The van der Waals surface area contributed by atoms with Gasteiger partial charge in [-0.3, -0.25) is 9.78 Å². The third-order valence-electron chi connectivity index (χ3n) is 4.64. The average molecular weight is 397 g/mol. The van der Waals surface area contributed by atoms with Gasteiger partial charge in [0, 0.05) is 50.5 Å². The van der Waals surface area contributed by atoms with Gasteiger partial charge in [0.2, 0.25) is 0 Å². The van der Waals surface area contributed by atoms with E-state index in [1.54, 1.807) is 29.9 Å². The molecule has 0 aliphatic carbocycles.